The molecule has 6 rings (SSSR count). The Kier molecular flexibility index (Phi) is 5.73. The van der Waals surface area contributed by atoms with Gasteiger partial charge in [0.25, 0.3) is 0 Å². The van der Waals surface area contributed by atoms with E-state index in [0.29, 0.717) is 35.4 Å². The average Bonchev–Trinajstić information content (AvgIpc) is 3.21. The number of fused-ring (bicyclic) bond motifs is 2. The lowest BCUT2D eigenvalue weighted by molar-refractivity contribution is -0.148. The second-order valence-electron chi connectivity index (χ2n) is 8.91. The molecule has 0 N–H and O–H groups in total. The Morgan fingerprint density at radius 2 is 1.81 bits per heavy atom. The van der Waals surface area contributed by atoms with E-state index in [2.05, 4.69) is 21.0 Å². The van der Waals surface area contributed by atoms with Gasteiger partial charge in [0, 0.05) is 29.1 Å². The van der Waals surface area contributed by atoms with Crippen LogP contribution in [0.1, 0.15) is 37.3 Å². The van der Waals surface area contributed by atoms with Crippen molar-refractivity contribution < 1.29 is 22.7 Å². The molecule has 168 valence electrons. The van der Waals surface area contributed by atoms with E-state index in [4.69, 9.17) is 4.74 Å². The van der Waals surface area contributed by atoms with Gasteiger partial charge in [0.05, 0.1) is 12.6 Å². The van der Waals surface area contributed by atoms with Crippen molar-refractivity contribution in [2.24, 2.45) is 28.8 Å². The Labute approximate surface area is 192 Å². The number of carbonyl (C=O) groups excluding carboxylic acids is 1. The third kappa shape index (κ3) is 4.05. The monoisotopic (exact) mass is 506 g/mol. The van der Waals surface area contributed by atoms with Gasteiger partial charge in [-0.2, -0.15) is 5.10 Å². The van der Waals surface area contributed by atoms with E-state index >= 15 is 0 Å². The van der Waals surface area contributed by atoms with Gasteiger partial charge in [-0.3, -0.25) is 4.79 Å². The Balaban J connectivity index is 1.28. The van der Waals surface area contributed by atoms with E-state index in [1.54, 1.807) is 18.3 Å². The molecule has 1 aliphatic heterocycles. The number of halogens is 4. The van der Waals surface area contributed by atoms with Gasteiger partial charge < -0.3 is 4.74 Å². The topological polar surface area (TPSA) is 41.9 Å². The summed E-state index contributed by atoms with van der Waals surface area (Å²) in [7, 11) is 0. The number of benzene rings is 2. The number of amides is 1. The largest absolute Gasteiger partial charge is 0.490 e. The van der Waals surface area contributed by atoms with Crippen molar-refractivity contribution in [2.45, 2.75) is 31.7 Å². The van der Waals surface area contributed by atoms with Crippen molar-refractivity contribution in [1.82, 2.24) is 5.01 Å². The summed E-state index contributed by atoms with van der Waals surface area (Å²) in [6, 6.07) is 7.51. The maximum Gasteiger partial charge on any atom is 0.246 e. The van der Waals surface area contributed by atoms with Gasteiger partial charge in [0.2, 0.25) is 5.91 Å². The van der Waals surface area contributed by atoms with Crippen LogP contribution in [0.4, 0.5) is 13.2 Å². The van der Waals surface area contributed by atoms with Gasteiger partial charge in [-0.25, -0.2) is 18.2 Å². The predicted molar refractivity (Wildman–Crippen MR) is 116 cm³/mol. The molecule has 3 aliphatic carbocycles. The fraction of sp³-hybridized carbons (Fsp3) is 0.417. The second kappa shape index (κ2) is 8.54. The average molecular weight is 507 g/mol. The molecule has 2 aromatic carbocycles. The Morgan fingerprint density at radius 3 is 2.53 bits per heavy atom. The van der Waals surface area contributed by atoms with Crippen LogP contribution >= 0.6 is 15.9 Å². The third-order valence-corrected chi connectivity index (χ3v) is 7.49. The molecule has 0 spiro atoms. The molecular formula is C24H22BrF3N2O2. The minimum absolute atomic E-state index is 0.114. The highest BCUT2D eigenvalue weighted by Crippen LogP contribution is 2.53. The molecule has 0 radical (unpaired) electrons. The zero-order chi connectivity index (χ0) is 22.4. The summed E-state index contributed by atoms with van der Waals surface area (Å²) in [5.41, 5.74) is 0.404. The molecule has 32 heavy (non-hydrogen) atoms. The smallest absolute Gasteiger partial charge is 0.246 e. The summed E-state index contributed by atoms with van der Waals surface area (Å²) in [6.45, 7) is 0.349. The summed E-state index contributed by atoms with van der Waals surface area (Å²) in [5, 5.41) is 5.64. The van der Waals surface area contributed by atoms with Gasteiger partial charge >= 0.3 is 0 Å². The SMILES string of the molecule is O=C([C@H]1C[C@@H](COc2ccc(Br)cc2F)C2CC1C2)N1N=CCC1c1cc(F)cc(F)c1. The van der Waals surface area contributed by atoms with Gasteiger partial charge in [0.1, 0.15) is 11.6 Å². The van der Waals surface area contributed by atoms with E-state index in [-0.39, 0.29) is 29.4 Å². The number of ether oxygens (including phenoxy) is 1. The zero-order valence-corrected chi connectivity index (χ0v) is 18.8. The third-order valence-electron chi connectivity index (χ3n) is 6.99. The molecule has 2 aromatic rings. The van der Waals surface area contributed by atoms with Crippen molar-refractivity contribution in [2.75, 3.05) is 6.61 Å². The maximum absolute atomic E-state index is 14.1. The normalized spacial score (nSPS) is 28.5. The van der Waals surface area contributed by atoms with Crippen LogP contribution in [0, 0.1) is 41.1 Å². The first-order chi connectivity index (χ1) is 15.4. The predicted octanol–water partition coefficient (Wildman–Crippen LogP) is 5.87. The number of carbonyl (C=O) groups is 1. The molecule has 1 amide bonds. The molecule has 4 aliphatic rings. The van der Waals surface area contributed by atoms with Crippen molar-refractivity contribution in [3.63, 3.8) is 0 Å². The van der Waals surface area contributed by atoms with Crippen LogP contribution in [0.5, 0.6) is 5.75 Å². The van der Waals surface area contributed by atoms with Crippen LogP contribution < -0.4 is 4.74 Å². The van der Waals surface area contributed by atoms with Crippen molar-refractivity contribution >= 4 is 28.1 Å². The molecule has 1 unspecified atom stereocenters. The lowest BCUT2D eigenvalue weighted by atomic mass is 9.55. The van der Waals surface area contributed by atoms with Crippen LogP contribution in [0.25, 0.3) is 0 Å². The van der Waals surface area contributed by atoms with Crippen molar-refractivity contribution in [3.8, 4) is 5.75 Å². The van der Waals surface area contributed by atoms with Crippen LogP contribution in [-0.2, 0) is 4.79 Å². The Hall–Kier alpha value is -2.35. The number of hydrogen-bond acceptors (Lipinski definition) is 3. The number of hydrogen-bond donors (Lipinski definition) is 0. The quantitative estimate of drug-likeness (QED) is 0.509. The first-order valence-electron chi connectivity index (χ1n) is 10.8. The van der Waals surface area contributed by atoms with Gasteiger partial charge in [-0.1, -0.05) is 15.9 Å². The van der Waals surface area contributed by atoms with E-state index < -0.39 is 23.5 Å². The maximum atomic E-state index is 14.1. The molecule has 1 heterocycles. The molecule has 3 saturated carbocycles. The van der Waals surface area contributed by atoms with Gasteiger partial charge in [0.15, 0.2) is 11.6 Å². The molecule has 2 bridgehead atoms. The Bertz CT molecular complexity index is 1050. The van der Waals surface area contributed by atoms with Crippen LogP contribution in [0.15, 0.2) is 46.0 Å². The summed E-state index contributed by atoms with van der Waals surface area (Å²) in [5.74, 6) is -0.996. The molecule has 3 atom stereocenters. The second-order valence-corrected chi connectivity index (χ2v) is 9.83. The highest BCUT2D eigenvalue weighted by atomic mass is 79.9. The zero-order valence-electron chi connectivity index (χ0n) is 17.2. The van der Waals surface area contributed by atoms with E-state index in [9.17, 15) is 18.0 Å². The fourth-order valence-corrected chi connectivity index (χ4v) is 5.60. The Morgan fingerprint density at radius 1 is 1.06 bits per heavy atom. The first-order valence-corrected chi connectivity index (χ1v) is 11.6. The van der Waals surface area contributed by atoms with Crippen LogP contribution in [-0.4, -0.2) is 23.7 Å². The fourth-order valence-electron chi connectivity index (χ4n) is 5.27. The van der Waals surface area contributed by atoms with E-state index in [0.717, 1.165) is 18.9 Å². The van der Waals surface area contributed by atoms with Crippen molar-refractivity contribution in [3.05, 3.63) is 63.9 Å². The minimum Gasteiger partial charge on any atom is -0.490 e. The molecule has 4 nitrogen and oxygen atoms in total. The van der Waals surface area contributed by atoms with Gasteiger partial charge in [-0.05, 0) is 72.9 Å². The lowest BCUT2D eigenvalue weighted by Gasteiger charge is -2.51. The first kappa shape index (κ1) is 21.5. The van der Waals surface area contributed by atoms with Crippen LogP contribution in [0.3, 0.4) is 0 Å². The van der Waals surface area contributed by atoms with E-state index in [1.807, 2.05) is 0 Å². The summed E-state index contributed by atoms with van der Waals surface area (Å²) in [4.78, 5) is 13.4. The number of nitrogens with zero attached hydrogens (tertiary/aromatic N) is 2. The van der Waals surface area contributed by atoms with Gasteiger partial charge in [-0.15, -0.1) is 0 Å². The molecule has 3 fully saturated rings. The summed E-state index contributed by atoms with van der Waals surface area (Å²) < 4.78 is 48.0. The highest BCUT2D eigenvalue weighted by Gasteiger charge is 2.50. The van der Waals surface area contributed by atoms with E-state index in [1.165, 1.54) is 23.2 Å². The lowest BCUT2D eigenvalue weighted by Crippen LogP contribution is -2.50. The summed E-state index contributed by atoms with van der Waals surface area (Å²) >= 11 is 3.23. The molecule has 8 heteroatoms. The highest BCUT2D eigenvalue weighted by molar-refractivity contribution is 9.10. The minimum atomic E-state index is -0.670. The molecular weight excluding hydrogens is 485 g/mol. The van der Waals surface area contributed by atoms with Crippen molar-refractivity contribution in [1.29, 1.82) is 0 Å². The standard InChI is InChI=1S/C24H22BrF3N2O2/c25-17-1-2-23(21(28)10-17)32-12-16-9-20(14-5-13(16)6-14)24(31)30-22(3-4-29-30)15-7-18(26)11-19(27)8-15/h1-2,4,7-8,10-11,13-14,16,20,22H,3,5-6,9,12H2/t13?,14?,16-,20-,22?/m0/s1. The summed E-state index contributed by atoms with van der Waals surface area (Å²) in [6.07, 6.45) is 4.55. The molecule has 0 aromatic heterocycles. The van der Waals surface area contributed by atoms with Crippen LogP contribution in [0.2, 0.25) is 0 Å². The number of hydrazone groups is 1. The number of rotatable bonds is 5. The molecule has 0 saturated heterocycles.